The number of cyclic esters (lactones) is 1. The maximum atomic E-state index is 11.8. The van der Waals surface area contributed by atoms with Crippen molar-refractivity contribution >= 4 is 11.8 Å². The molecule has 1 aliphatic rings. The first-order valence-corrected chi connectivity index (χ1v) is 7.66. The first-order valence-electron chi connectivity index (χ1n) is 7.66. The van der Waals surface area contributed by atoms with Gasteiger partial charge in [0, 0.05) is 12.8 Å². The molecular formula is C16H22N2O5. The van der Waals surface area contributed by atoms with Gasteiger partial charge in [-0.1, -0.05) is 5.18 Å². The van der Waals surface area contributed by atoms with Crippen LogP contribution in [0.4, 0.5) is 10.5 Å². The SMILES string of the molecule is COCC1CN(c2ccc(OCCCC(C)N=O)cc2)C(=O)O1. The van der Waals surface area contributed by atoms with Gasteiger partial charge in [0.25, 0.3) is 0 Å². The van der Waals surface area contributed by atoms with Crippen molar-refractivity contribution in [1.29, 1.82) is 0 Å². The summed E-state index contributed by atoms with van der Waals surface area (Å²) in [4.78, 5) is 23.7. The average molecular weight is 322 g/mol. The number of anilines is 1. The van der Waals surface area contributed by atoms with Crippen molar-refractivity contribution in [2.24, 2.45) is 5.18 Å². The van der Waals surface area contributed by atoms with E-state index in [9.17, 15) is 9.70 Å². The van der Waals surface area contributed by atoms with Gasteiger partial charge in [-0.05, 0) is 44.0 Å². The van der Waals surface area contributed by atoms with Crippen LogP contribution in [0.5, 0.6) is 5.75 Å². The fraction of sp³-hybridized carbons (Fsp3) is 0.562. The van der Waals surface area contributed by atoms with E-state index in [0.29, 0.717) is 26.2 Å². The first-order chi connectivity index (χ1) is 11.1. The second-order valence-corrected chi connectivity index (χ2v) is 5.51. The van der Waals surface area contributed by atoms with Crippen molar-refractivity contribution in [3.05, 3.63) is 29.2 Å². The molecule has 1 aliphatic heterocycles. The molecule has 0 radical (unpaired) electrons. The van der Waals surface area contributed by atoms with E-state index in [1.54, 1.807) is 18.9 Å². The number of nitrogens with zero attached hydrogens (tertiary/aromatic N) is 2. The number of ether oxygens (including phenoxy) is 3. The highest BCUT2D eigenvalue weighted by atomic mass is 16.6. The van der Waals surface area contributed by atoms with Crippen LogP contribution >= 0.6 is 0 Å². The van der Waals surface area contributed by atoms with E-state index in [2.05, 4.69) is 5.18 Å². The zero-order valence-corrected chi connectivity index (χ0v) is 13.4. The molecule has 1 fully saturated rings. The largest absolute Gasteiger partial charge is 0.494 e. The smallest absolute Gasteiger partial charge is 0.414 e. The predicted molar refractivity (Wildman–Crippen MR) is 85.9 cm³/mol. The molecule has 0 spiro atoms. The number of amides is 1. The molecule has 1 aromatic rings. The van der Waals surface area contributed by atoms with Crippen LogP contribution in [-0.4, -0.2) is 45.1 Å². The molecular weight excluding hydrogens is 300 g/mol. The van der Waals surface area contributed by atoms with Gasteiger partial charge in [0.15, 0.2) is 0 Å². The Hall–Kier alpha value is -2.15. The van der Waals surface area contributed by atoms with Gasteiger partial charge in [-0.25, -0.2) is 4.79 Å². The zero-order chi connectivity index (χ0) is 16.7. The highest BCUT2D eigenvalue weighted by molar-refractivity contribution is 5.89. The number of carbonyl (C=O) groups is 1. The molecule has 1 aromatic carbocycles. The summed E-state index contributed by atoms with van der Waals surface area (Å²) in [6.07, 6.45) is 0.876. The van der Waals surface area contributed by atoms with Gasteiger partial charge in [0.2, 0.25) is 0 Å². The van der Waals surface area contributed by atoms with Crippen molar-refractivity contribution in [2.45, 2.75) is 31.9 Å². The molecule has 2 unspecified atom stereocenters. The lowest BCUT2D eigenvalue weighted by Gasteiger charge is -2.14. The Kier molecular flexibility index (Phi) is 6.34. The lowest BCUT2D eigenvalue weighted by Crippen LogP contribution is -2.25. The minimum absolute atomic E-state index is 0.179. The van der Waals surface area contributed by atoms with E-state index >= 15 is 0 Å². The molecule has 7 nitrogen and oxygen atoms in total. The molecule has 23 heavy (non-hydrogen) atoms. The molecule has 0 aromatic heterocycles. The third-order valence-electron chi connectivity index (χ3n) is 3.59. The Bertz CT molecular complexity index is 520. The monoisotopic (exact) mass is 322 g/mol. The summed E-state index contributed by atoms with van der Waals surface area (Å²) in [6, 6.07) is 7.09. The Morgan fingerprint density at radius 1 is 1.39 bits per heavy atom. The van der Waals surface area contributed by atoms with Crippen LogP contribution in [0.2, 0.25) is 0 Å². The predicted octanol–water partition coefficient (Wildman–Crippen LogP) is 2.97. The minimum Gasteiger partial charge on any atom is -0.494 e. The fourth-order valence-electron chi connectivity index (χ4n) is 2.35. The topological polar surface area (TPSA) is 77.4 Å². The van der Waals surface area contributed by atoms with Crippen LogP contribution in [0.15, 0.2) is 29.4 Å². The maximum Gasteiger partial charge on any atom is 0.414 e. The number of rotatable bonds is 9. The van der Waals surface area contributed by atoms with E-state index in [1.807, 2.05) is 24.3 Å². The first kappa shape index (κ1) is 17.2. The molecule has 2 atom stereocenters. The molecule has 1 saturated heterocycles. The molecule has 1 heterocycles. The van der Waals surface area contributed by atoms with E-state index < -0.39 is 0 Å². The van der Waals surface area contributed by atoms with Crippen molar-refractivity contribution in [3.63, 3.8) is 0 Å². The van der Waals surface area contributed by atoms with Crippen LogP contribution in [0.25, 0.3) is 0 Å². The Balaban J connectivity index is 1.82. The van der Waals surface area contributed by atoms with E-state index in [0.717, 1.165) is 17.9 Å². The number of carbonyl (C=O) groups excluding carboxylic acids is 1. The number of nitroso groups, excluding NO2 is 1. The van der Waals surface area contributed by atoms with Crippen LogP contribution < -0.4 is 9.64 Å². The Morgan fingerprint density at radius 3 is 2.78 bits per heavy atom. The molecule has 0 N–H and O–H groups in total. The number of methoxy groups -OCH3 is 1. The Morgan fingerprint density at radius 2 is 2.13 bits per heavy atom. The third kappa shape index (κ3) is 4.92. The summed E-state index contributed by atoms with van der Waals surface area (Å²) >= 11 is 0. The number of hydrogen-bond donors (Lipinski definition) is 0. The molecule has 1 amide bonds. The van der Waals surface area contributed by atoms with E-state index in [-0.39, 0.29) is 18.2 Å². The van der Waals surface area contributed by atoms with Crippen molar-refractivity contribution in [3.8, 4) is 5.75 Å². The van der Waals surface area contributed by atoms with Crippen LogP contribution in [0.1, 0.15) is 19.8 Å². The summed E-state index contributed by atoms with van der Waals surface area (Å²) in [7, 11) is 1.58. The molecule has 0 bridgehead atoms. The zero-order valence-electron chi connectivity index (χ0n) is 13.4. The molecule has 0 saturated carbocycles. The van der Waals surface area contributed by atoms with Gasteiger partial charge in [0.1, 0.15) is 11.9 Å². The van der Waals surface area contributed by atoms with Gasteiger partial charge in [0.05, 0.1) is 25.8 Å². The number of hydrogen-bond acceptors (Lipinski definition) is 6. The lowest BCUT2D eigenvalue weighted by atomic mass is 10.2. The fourth-order valence-corrected chi connectivity index (χ4v) is 2.35. The van der Waals surface area contributed by atoms with E-state index in [1.165, 1.54) is 0 Å². The Labute approximate surface area is 135 Å². The number of benzene rings is 1. The molecule has 2 rings (SSSR count). The molecule has 7 heteroatoms. The highest BCUT2D eigenvalue weighted by Crippen LogP contribution is 2.24. The highest BCUT2D eigenvalue weighted by Gasteiger charge is 2.32. The summed E-state index contributed by atoms with van der Waals surface area (Å²) in [5.74, 6) is 0.724. The standard InChI is InChI=1S/C16H22N2O5/c1-12(17-20)4-3-9-22-14-7-5-13(6-8-14)18-10-15(11-21-2)23-16(18)19/h5-8,12,15H,3-4,9-11H2,1-2H3. The third-order valence-corrected chi connectivity index (χ3v) is 3.59. The van der Waals surface area contributed by atoms with Gasteiger partial charge in [-0.2, -0.15) is 4.91 Å². The van der Waals surface area contributed by atoms with Gasteiger partial charge >= 0.3 is 6.09 Å². The van der Waals surface area contributed by atoms with Gasteiger partial charge < -0.3 is 14.2 Å². The summed E-state index contributed by atoms with van der Waals surface area (Å²) in [5, 5.41) is 2.95. The van der Waals surface area contributed by atoms with Crippen molar-refractivity contribution in [1.82, 2.24) is 0 Å². The molecule has 126 valence electrons. The normalized spacial score (nSPS) is 18.6. The van der Waals surface area contributed by atoms with Crippen LogP contribution in [0.3, 0.4) is 0 Å². The average Bonchev–Trinajstić information content (AvgIpc) is 2.93. The second kappa shape index (κ2) is 8.47. The van der Waals surface area contributed by atoms with E-state index in [4.69, 9.17) is 14.2 Å². The van der Waals surface area contributed by atoms with Crippen LogP contribution in [-0.2, 0) is 9.47 Å². The lowest BCUT2D eigenvalue weighted by molar-refractivity contribution is 0.0718. The molecule has 0 aliphatic carbocycles. The second-order valence-electron chi connectivity index (χ2n) is 5.51. The summed E-state index contributed by atoms with van der Waals surface area (Å²) in [5.41, 5.74) is 0.764. The summed E-state index contributed by atoms with van der Waals surface area (Å²) in [6.45, 7) is 3.18. The van der Waals surface area contributed by atoms with Gasteiger partial charge in [-0.3, -0.25) is 4.90 Å². The van der Waals surface area contributed by atoms with Crippen LogP contribution in [0, 0.1) is 4.91 Å². The van der Waals surface area contributed by atoms with Crippen molar-refractivity contribution < 1.29 is 19.0 Å². The quantitative estimate of drug-likeness (QED) is 0.516. The van der Waals surface area contributed by atoms with Gasteiger partial charge in [-0.15, -0.1) is 0 Å². The summed E-state index contributed by atoms with van der Waals surface area (Å²) < 4.78 is 15.8. The maximum absolute atomic E-state index is 11.8. The van der Waals surface area contributed by atoms with Crippen molar-refractivity contribution in [2.75, 3.05) is 31.8 Å². The minimum atomic E-state index is -0.365.